The molecule has 2 aromatic heterocycles. The molecule has 8 heteroatoms. The van der Waals surface area contributed by atoms with Crippen LogP contribution in [-0.2, 0) is 15.8 Å². The Labute approximate surface area is 145 Å². The first kappa shape index (κ1) is 17.5. The van der Waals surface area contributed by atoms with Crippen molar-refractivity contribution < 1.29 is 12.8 Å². The molecule has 1 atom stereocenters. The molecule has 0 unspecified atom stereocenters. The van der Waals surface area contributed by atoms with E-state index in [1.807, 2.05) is 26.0 Å². The number of aromatic nitrogens is 3. The predicted octanol–water partition coefficient (Wildman–Crippen LogP) is 2.69. The van der Waals surface area contributed by atoms with Crippen LogP contribution in [0.2, 0.25) is 0 Å². The molecule has 0 saturated carbocycles. The standard InChI is InChI=1S/C17H19FN4O2S/c1-12(2)16(17-20-19-15-9-5-6-10-22(15)17)21-25(23,24)11-13-7-3-4-8-14(13)18/h3-10,12,16,21H,11H2,1-2H3/t16-/m0/s1. The second kappa shape index (κ2) is 6.89. The van der Waals surface area contributed by atoms with Gasteiger partial charge in [-0.15, -0.1) is 10.2 Å². The van der Waals surface area contributed by atoms with Crippen LogP contribution in [0.1, 0.15) is 31.3 Å². The average molecular weight is 362 g/mol. The van der Waals surface area contributed by atoms with E-state index in [2.05, 4.69) is 14.9 Å². The Morgan fingerprint density at radius 2 is 1.84 bits per heavy atom. The Bertz CT molecular complexity index is 985. The summed E-state index contributed by atoms with van der Waals surface area (Å²) in [5.41, 5.74) is 0.764. The number of hydrogen-bond donors (Lipinski definition) is 1. The third kappa shape index (κ3) is 3.85. The van der Waals surface area contributed by atoms with Gasteiger partial charge in [-0.05, 0) is 24.1 Å². The van der Waals surface area contributed by atoms with E-state index in [-0.39, 0.29) is 11.5 Å². The lowest BCUT2D eigenvalue weighted by Gasteiger charge is -2.21. The maximum Gasteiger partial charge on any atom is 0.216 e. The molecule has 0 aliphatic heterocycles. The summed E-state index contributed by atoms with van der Waals surface area (Å²) in [6.07, 6.45) is 1.78. The molecule has 0 saturated heterocycles. The number of pyridine rings is 1. The van der Waals surface area contributed by atoms with Crippen LogP contribution in [0.3, 0.4) is 0 Å². The van der Waals surface area contributed by atoms with E-state index in [0.29, 0.717) is 11.5 Å². The number of sulfonamides is 1. The zero-order valence-corrected chi connectivity index (χ0v) is 14.7. The molecule has 25 heavy (non-hydrogen) atoms. The Hall–Kier alpha value is -2.32. The minimum Gasteiger partial charge on any atom is -0.285 e. The van der Waals surface area contributed by atoms with Gasteiger partial charge in [-0.2, -0.15) is 0 Å². The third-order valence-electron chi connectivity index (χ3n) is 3.89. The molecular weight excluding hydrogens is 343 g/mol. The normalized spacial score (nSPS) is 13.4. The summed E-state index contributed by atoms with van der Waals surface area (Å²) in [7, 11) is -3.77. The number of nitrogens with one attached hydrogen (secondary N) is 1. The topological polar surface area (TPSA) is 76.4 Å². The van der Waals surface area contributed by atoms with Gasteiger partial charge < -0.3 is 0 Å². The molecule has 0 aliphatic rings. The number of rotatable bonds is 6. The SMILES string of the molecule is CC(C)[C@H](NS(=O)(=O)Cc1ccccc1F)c1nnc2ccccn12. The molecule has 0 bridgehead atoms. The summed E-state index contributed by atoms with van der Waals surface area (Å²) in [4.78, 5) is 0. The fourth-order valence-corrected chi connectivity index (χ4v) is 4.11. The van der Waals surface area contributed by atoms with Crippen molar-refractivity contribution in [2.45, 2.75) is 25.6 Å². The second-order valence-corrected chi connectivity index (χ2v) is 7.93. The minimum atomic E-state index is -3.77. The molecule has 1 N–H and O–H groups in total. The van der Waals surface area contributed by atoms with Crippen molar-refractivity contribution >= 4 is 15.7 Å². The van der Waals surface area contributed by atoms with Crippen LogP contribution in [0.4, 0.5) is 4.39 Å². The Balaban J connectivity index is 1.90. The fourth-order valence-electron chi connectivity index (χ4n) is 2.61. The molecule has 1 aromatic carbocycles. The molecule has 2 heterocycles. The van der Waals surface area contributed by atoms with E-state index >= 15 is 0 Å². The molecule has 0 aliphatic carbocycles. The first-order valence-corrected chi connectivity index (χ1v) is 9.55. The lowest BCUT2D eigenvalue weighted by Crippen LogP contribution is -2.34. The van der Waals surface area contributed by atoms with Gasteiger partial charge in [0.15, 0.2) is 11.5 Å². The van der Waals surface area contributed by atoms with Gasteiger partial charge in [-0.25, -0.2) is 17.5 Å². The van der Waals surface area contributed by atoms with Crippen molar-refractivity contribution in [1.82, 2.24) is 19.3 Å². The number of hydrogen-bond acceptors (Lipinski definition) is 4. The molecule has 0 spiro atoms. The van der Waals surface area contributed by atoms with Gasteiger partial charge in [0.05, 0.1) is 11.8 Å². The lowest BCUT2D eigenvalue weighted by atomic mass is 10.1. The van der Waals surface area contributed by atoms with Crippen molar-refractivity contribution in [3.05, 3.63) is 65.9 Å². The average Bonchev–Trinajstić information content (AvgIpc) is 2.98. The summed E-state index contributed by atoms with van der Waals surface area (Å²) in [5, 5.41) is 8.21. The highest BCUT2D eigenvalue weighted by Crippen LogP contribution is 2.23. The predicted molar refractivity (Wildman–Crippen MR) is 92.7 cm³/mol. The number of halogens is 1. The molecule has 0 amide bonds. The number of benzene rings is 1. The van der Waals surface area contributed by atoms with E-state index in [4.69, 9.17) is 0 Å². The van der Waals surface area contributed by atoms with E-state index in [0.717, 1.165) is 0 Å². The van der Waals surface area contributed by atoms with Crippen molar-refractivity contribution in [2.75, 3.05) is 0 Å². The van der Waals surface area contributed by atoms with Crippen molar-refractivity contribution in [3.63, 3.8) is 0 Å². The molecule has 3 aromatic rings. The van der Waals surface area contributed by atoms with E-state index in [9.17, 15) is 12.8 Å². The quantitative estimate of drug-likeness (QED) is 0.731. The van der Waals surface area contributed by atoms with E-state index in [1.165, 1.54) is 18.2 Å². The van der Waals surface area contributed by atoms with Gasteiger partial charge in [0, 0.05) is 11.8 Å². The zero-order chi connectivity index (χ0) is 18.0. The molecule has 132 valence electrons. The van der Waals surface area contributed by atoms with E-state index < -0.39 is 27.6 Å². The van der Waals surface area contributed by atoms with Crippen LogP contribution in [0.25, 0.3) is 5.65 Å². The van der Waals surface area contributed by atoms with Crippen molar-refractivity contribution in [2.24, 2.45) is 5.92 Å². The molecule has 0 fully saturated rings. The maximum absolute atomic E-state index is 13.8. The number of nitrogens with zero attached hydrogens (tertiary/aromatic N) is 3. The van der Waals surface area contributed by atoms with Gasteiger partial charge in [-0.1, -0.05) is 38.1 Å². The van der Waals surface area contributed by atoms with Gasteiger partial charge in [-0.3, -0.25) is 4.40 Å². The van der Waals surface area contributed by atoms with Gasteiger partial charge in [0.25, 0.3) is 0 Å². The van der Waals surface area contributed by atoms with Crippen LogP contribution in [0.5, 0.6) is 0 Å². The highest BCUT2D eigenvalue weighted by molar-refractivity contribution is 7.88. The summed E-state index contributed by atoms with van der Waals surface area (Å²) in [6.45, 7) is 3.78. The monoisotopic (exact) mass is 362 g/mol. The Morgan fingerprint density at radius 3 is 2.56 bits per heavy atom. The van der Waals surface area contributed by atoms with Crippen LogP contribution < -0.4 is 4.72 Å². The van der Waals surface area contributed by atoms with Crippen LogP contribution in [0.15, 0.2) is 48.7 Å². The van der Waals surface area contributed by atoms with Gasteiger partial charge in [0.2, 0.25) is 10.0 Å². The van der Waals surface area contributed by atoms with Gasteiger partial charge in [0.1, 0.15) is 5.82 Å². The first-order valence-electron chi connectivity index (χ1n) is 7.90. The summed E-state index contributed by atoms with van der Waals surface area (Å²) < 4.78 is 43.3. The number of fused-ring (bicyclic) bond motifs is 1. The molecular formula is C17H19FN4O2S. The Kier molecular flexibility index (Phi) is 4.82. The largest absolute Gasteiger partial charge is 0.285 e. The minimum absolute atomic E-state index is 0.0667. The second-order valence-electron chi connectivity index (χ2n) is 6.18. The maximum atomic E-state index is 13.8. The smallest absolute Gasteiger partial charge is 0.216 e. The fraction of sp³-hybridized carbons (Fsp3) is 0.294. The van der Waals surface area contributed by atoms with Crippen LogP contribution in [0, 0.1) is 11.7 Å². The summed E-state index contributed by atoms with van der Waals surface area (Å²) >= 11 is 0. The lowest BCUT2D eigenvalue weighted by molar-refractivity contribution is 0.440. The van der Waals surface area contributed by atoms with Crippen molar-refractivity contribution in [3.8, 4) is 0 Å². The van der Waals surface area contributed by atoms with E-state index in [1.54, 1.807) is 22.7 Å². The zero-order valence-electron chi connectivity index (χ0n) is 13.9. The summed E-state index contributed by atoms with van der Waals surface area (Å²) in [6, 6.07) is 10.7. The third-order valence-corrected chi connectivity index (χ3v) is 5.20. The Morgan fingerprint density at radius 1 is 1.12 bits per heavy atom. The van der Waals surface area contributed by atoms with Crippen LogP contribution >= 0.6 is 0 Å². The molecule has 3 rings (SSSR count). The summed E-state index contributed by atoms with van der Waals surface area (Å²) in [5.74, 6) is -0.535. The highest BCUT2D eigenvalue weighted by Gasteiger charge is 2.27. The highest BCUT2D eigenvalue weighted by atomic mass is 32.2. The first-order chi connectivity index (χ1) is 11.9. The van der Waals surface area contributed by atoms with Gasteiger partial charge >= 0.3 is 0 Å². The molecule has 0 radical (unpaired) electrons. The van der Waals surface area contributed by atoms with Crippen LogP contribution in [-0.4, -0.2) is 23.0 Å². The van der Waals surface area contributed by atoms with Crippen molar-refractivity contribution in [1.29, 1.82) is 0 Å². The molecule has 6 nitrogen and oxygen atoms in total.